The van der Waals surface area contributed by atoms with Gasteiger partial charge in [-0.25, -0.2) is 0 Å². The molecule has 1 aromatic rings. The van der Waals surface area contributed by atoms with Crippen LogP contribution >= 0.6 is 24.0 Å². The van der Waals surface area contributed by atoms with Gasteiger partial charge in [0, 0.05) is 5.88 Å². The molecule has 0 N–H and O–H groups in total. The Hall–Kier alpha value is -0.180. The topological polar surface area (TPSA) is 16.4 Å². The van der Waals surface area contributed by atoms with E-state index < -0.39 is 0 Å². The Morgan fingerprint density at radius 1 is 1.60 bits per heavy atom. The summed E-state index contributed by atoms with van der Waals surface area (Å²) in [6, 6.07) is 4.42. The zero-order valence-electron chi connectivity index (χ0n) is 8.86. The van der Waals surface area contributed by atoms with Crippen molar-refractivity contribution in [2.45, 2.75) is 18.9 Å². The highest BCUT2D eigenvalue weighted by atomic mass is 35.5. The second-order valence-corrected chi connectivity index (χ2v) is 4.37. The van der Waals surface area contributed by atoms with Gasteiger partial charge in [0.1, 0.15) is 5.76 Å². The zero-order chi connectivity index (χ0) is 9.97. The smallest absolute Gasteiger partial charge is 0.120 e. The van der Waals surface area contributed by atoms with E-state index in [-0.39, 0.29) is 12.4 Å². The molecule has 1 aliphatic heterocycles. The van der Waals surface area contributed by atoms with Crippen molar-refractivity contribution in [3.63, 3.8) is 0 Å². The molecule has 1 aliphatic rings. The van der Waals surface area contributed by atoms with E-state index in [1.165, 1.54) is 6.42 Å². The van der Waals surface area contributed by atoms with Gasteiger partial charge in [-0.15, -0.1) is 24.0 Å². The van der Waals surface area contributed by atoms with E-state index in [0.717, 1.165) is 24.6 Å². The normalized spacial score (nSPS) is 27.3. The largest absolute Gasteiger partial charge is 0.468 e. The molecule has 0 radical (unpaired) electrons. The Bertz CT molecular complexity index is 276. The number of furan rings is 1. The lowest BCUT2D eigenvalue weighted by molar-refractivity contribution is 0.132. The first-order valence-electron chi connectivity index (χ1n) is 5.11. The van der Waals surface area contributed by atoms with E-state index in [1.54, 1.807) is 6.26 Å². The molecule has 0 aromatic carbocycles. The molecule has 2 unspecified atom stereocenters. The molecule has 1 aromatic heterocycles. The predicted molar refractivity (Wildman–Crippen MR) is 64.8 cm³/mol. The Morgan fingerprint density at radius 3 is 3.00 bits per heavy atom. The highest BCUT2D eigenvalue weighted by Crippen LogP contribution is 2.33. The third-order valence-electron chi connectivity index (χ3n) is 3.07. The van der Waals surface area contributed by atoms with Gasteiger partial charge in [-0.2, -0.15) is 0 Å². The lowest BCUT2D eigenvalue weighted by atomic mass is 9.91. The van der Waals surface area contributed by atoms with Crippen LogP contribution in [0.4, 0.5) is 0 Å². The van der Waals surface area contributed by atoms with Crippen LogP contribution in [0.2, 0.25) is 0 Å². The van der Waals surface area contributed by atoms with E-state index in [1.807, 2.05) is 6.07 Å². The minimum atomic E-state index is 0. The number of rotatable bonds is 2. The van der Waals surface area contributed by atoms with Crippen LogP contribution in [0, 0.1) is 5.92 Å². The van der Waals surface area contributed by atoms with Gasteiger partial charge < -0.3 is 4.42 Å². The highest BCUT2D eigenvalue weighted by molar-refractivity contribution is 6.18. The van der Waals surface area contributed by atoms with Crippen LogP contribution < -0.4 is 0 Å². The molecule has 15 heavy (non-hydrogen) atoms. The Morgan fingerprint density at radius 2 is 2.40 bits per heavy atom. The molecule has 86 valence electrons. The molecule has 0 saturated carbocycles. The molecule has 4 heteroatoms. The molecule has 0 aliphatic carbocycles. The van der Waals surface area contributed by atoms with Crippen LogP contribution in [0.15, 0.2) is 22.8 Å². The Labute approximate surface area is 102 Å². The summed E-state index contributed by atoms with van der Waals surface area (Å²) in [4.78, 5) is 2.35. The van der Waals surface area contributed by atoms with Gasteiger partial charge >= 0.3 is 0 Å². The summed E-state index contributed by atoms with van der Waals surface area (Å²) in [6.45, 7) is 1.11. The van der Waals surface area contributed by atoms with Gasteiger partial charge in [-0.05, 0) is 44.5 Å². The standard InChI is InChI=1S/C11H16ClNO.ClH/c1-13-5-4-9(8-12)7-10(13)11-3-2-6-14-11;/h2-3,6,9-10H,4-5,7-8H2,1H3;1H. The van der Waals surface area contributed by atoms with E-state index in [2.05, 4.69) is 18.0 Å². The number of halogens is 2. The quantitative estimate of drug-likeness (QED) is 0.748. The molecule has 2 atom stereocenters. The van der Waals surface area contributed by atoms with Gasteiger partial charge in [0.2, 0.25) is 0 Å². The van der Waals surface area contributed by atoms with Crippen molar-refractivity contribution in [3.05, 3.63) is 24.2 Å². The van der Waals surface area contributed by atoms with Crippen LogP contribution in [-0.4, -0.2) is 24.4 Å². The number of piperidine rings is 1. The lowest BCUT2D eigenvalue weighted by Crippen LogP contribution is -2.34. The maximum Gasteiger partial charge on any atom is 0.120 e. The summed E-state index contributed by atoms with van der Waals surface area (Å²) in [5.41, 5.74) is 0. The number of alkyl halides is 1. The fourth-order valence-electron chi connectivity index (χ4n) is 2.11. The molecule has 1 fully saturated rings. The maximum atomic E-state index is 5.91. The molecular formula is C11H17Cl2NO. The molecule has 2 nitrogen and oxygen atoms in total. The first-order valence-corrected chi connectivity index (χ1v) is 5.64. The van der Waals surface area contributed by atoms with E-state index >= 15 is 0 Å². The number of hydrogen-bond acceptors (Lipinski definition) is 2. The Kier molecular flexibility index (Phi) is 4.97. The van der Waals surface area contributed by atoms with Gasteiger partial charge in [-0.3, -0.25) is 4.90 Å². The van der Waals surface area contributed by atoms with Crippen molar-refractivity contribution in [1.29, 1.82) is 0 Å². The second kappa shape index (κ2) is 5.78. The predicted octanol–water partition coefficient (Wildman–Crippen LogP) is 3.32. The number of likely N-dealkylation sites (tertiary alicyclic amines) is 1. The summed E-state index contributed by atoms with van der Waals surface area (Å²) in [5, 5.41) is 0. The van der Waals surface area contributed by atoms with Gasteiger partial charge in [0.05, 0.1) is 12.3 Å². The first kappa shape index (κ1) is 12.9. The van der Waals surface area contributed by atoms with E-state index in [0.29, 0.717) is 12.0 Å². The summed E-state index contributed by atoms with van der Waals surface area (Å²) in [6.07, 6.45) is 4.07. The van der Waals surface area contributed by atoms with Crippen molar-refractivity contribution >= 4 is 24.0 Å². The maximum absolute atomic E-state index is 5.91. The average Bonchev–Trinajstić information content (AvgIpc) is 2.71. The van der Waals surface area contributed by atoms with E-state index in [4.69, 9.17) is 16.0 Å². The summed E-state index contributed by atoms with van der Waals surface area (Å²) in [7, 11) is 2.15. The molecule has 0 amide bonds. The molecule has 2 rings (SSSR count). The van der Waals surface area contributed by atoms with Crippen molar-refractivity contribution in [2.75, 3.05) is 19.5 Å². The van der Waals surface area contributed by atoms with E-state index in [9.17, 15) is 0 Å². The van der Waals surface area contributed by atoms with Crippen LogP contribution in [0.3, 0.4) is 0 Å². The minimum Gasteiger partial charge on any atom is -0.468 e. The number of hydrogen-bond donors (Lipinski definition) is 0. The van der Waals surface area contributed by atoms with Gasteiger partial charge in [0.25, 0.3) is 0 Å². The SMILES string of the molecule is CN1CCC(CCl)CC1c1ccco1.Cl. The van der Waals surface area contributed by atoms with Crippen LogP contribution in [0.25, 0.3) is 0 Å². The van der Waals surface area contributed by atoms with Crippen LogP contribution in [-0.2, 0) is 0 Å². The van der Waals surface area contributed by atoms with Crippen molar-refractivity contribution < 1.29 is 4.42 Å². The fourth-order valence-corrected chi connectivity index (χ4v) is 2.39. The summed E-state index contributed by atoms with van der Waals surface area (Å²) in [5.74, 6) is 2.48. The average molecular weight is 250 g/mol. The first-order chi connectivity index (χ1) is 6.81. The van der Waals surface area contributed by atoms with Crippen LogP contribution in [0.5, 0.6) is 0 Å². The molecular weight excluding hydrogens is 233 g/mol. The van der Waals surface area contributed by atoms with Crippen LogP contribution in [0.1, 0.15) is 24.6 Å². The van der Waals surface area contributed by atoms with Crippen molar-refractivity contribution in [1.82, 2.24) is 4.90 Å². The summed E-state index contributed by atoms with van der Waals surface area (Å²) < 4.78 is 5.45. The molecule has 0 spiro atoms. The van der Waals surface area contributed by atoms with Gasteiger partial charge in [-0.1, -0.05) is 0 Å². The third kappa shape index (κ3) is 2.90. The zero-order valence-corrected chi connectivity index (χ0v) is 10.4. The monoisotopic (exact) mass is 249 g/mol. The highest BCUT2D eigenvalue weighted by Gasteiger charge is 2.28. The number of nitrogens with zero attached hydrogens (tertiary/aromatic N) is 1. The van der Waals surface area contributed by atoms with Crippen molar-refractivity contribution in [3.8, 4) is 0 Å². The second-order valence-electron chi connectivity index (χ2n) is 4.06. The molecule has 1 saturated heterocycles. The summed E-state index contributed by atoms with van der Waals surface area (Å²) >= 11 is 5.91. The Balaban J connectivity index is 0.00000112. The third-order valence-corrected chi connectivity index (χ3v) is 3.50. The minimum absolute atomic E-state index is 0. The molecule has 0 bridgehead atoms. The fraction of sp³-hybridized carbons (Fsp3) is 0.636. The van der Waals surface area contributed by atoms with Crippen molar-refractivity contribution in [2.24, 2.45) is 5.92 Å². The molecule has 2 heterocycles. The lowest BCUT2D eigenvalue weighted by Gasteiger charge is -2.35. The van der Waals surface area contributed by atoms with Gasteiger partial charge in [0.15, 0.2) is 0 Å².